The van der Waals surface area contributed by atoms with Crippen molar-refractivity contribution in [1.29, 1.82) is 0 Å². The SMILES string of the molecule is Nc1ccccc1NC(=O)CCCC(=O)Nc1ccc(C2OC(CSc3nnnn3-c3ccc(O)cc3)CC(c3ccc(CO)cc3)O2)cc1. The van der Waals surface area contributed by atoms with Crippen molar-refractivity contribution in [3.05, 3.63) is 114 Å². The Bertz CT molecular complexity index is 1890. The van der Waals surface area contributed by atoms with Crippen molar-refractivity contribution in [2.24, 2.45) is 0 Å². The number of nitrogen functional groups attached to an aromatic ring is 1. The van der Waals surface area contributed by atoms with Gasteiger partial charge < -0.3 is 36.1 Å². The average molecular weight is 696 g/mol. The Kier molecular flexibility index (Phi) is 11.4. The second kappa shape index (κ2) is 16.4. The van der Waals surface area contributed by atoms with Crippen LogP contribution in [0.4, 0.5) is 17.1 Å². The fourth-order valence-corrected chi connectivity index (χ4v) is 6.30. The number of carbonyl (C=O) groups excluding carboxylic acids is 2. The van der Waals surface area contributed by atoms with Gasteiger partial charge in [0.2, 0.25) is 17.0 Å². The number of ether oxygens (including phenoxy) is 2. The molecule has 3 unspecified atom stereocenters. The highest BCUT2D eigenvalue weighted by atomic mass is 32.2. The zero-order chi connectivity index (χ0) is 34.9. The summed E-state index contributed by atoms with van der Waals surface area (Å²) in [6.45, 7) is -0.0470. The molecule has 1 fully saturated rings. The van der Waals surface area contributed by atoms with Crippen LogP contribution in [0.3, 0.4) is 0 Å². The molecule has 1 saturated heterocycles. The quantitative estimate of drug-likeness (QED) is 0.0770. The van der Waals surface area contributed by atoms with Crippen LogP contribution in [-0.4, -0.2) is 54.1 Å². The first-order valence-electron chi connectivity index (χ1n) is 16.1. The molecule has 1 aromatic heterocycles. The van der Waals surface area contributed by atoms with Crippen molar-refractivity contribution >= 4 is 40.6 Å². The number of rotatable bonds is 13. The van der Waals surface area contributed by atoms with E-state index in [1.165, 1.54) is 11.8 Å². The van der Waals surface area contributed by atoms with E-state index in [4.69, 9.17) is 15.2 Å². The normalized spacial score (nSPS) is 17.3. The summed E-state index contributed by atoms with van der Waals surface area (Å²) in [6.07, 6.45) is 0.122. The van der Waals surface area contributed by atoms with Crippen molar-refractivity contribution in [3.8, 4) is 11.4 Å². The van der Waals surface area contributed by atoms with Gasteiger partial charge in [0, 0.05) is 36.3 Å². The molecular formula is C36H37N7O6S. The number of aromatic hydroxyl groups is 1. The van der Waals surface area contributed by atoms with Crippen LogP contribution in [0.25, 0.3) is 5.69 Å². The molecule has 14 heteroatoms. The van der Waals surface area contributed by atoms with Crippen molar-refractivity contribution in [1.82, 2.24) is 20.2 Å². The van der Waals surface area contributed by atoms with Gasteiger partial charge in [0.1, 0.15) is 5.75 Å². The third-order valence-corrected chi connectivity index (χ3v) is 9.11. The van der Waals surface area contributed by atoms with Gasteiger partial charge in [-0.2, -0.15) is 4.68 Å². The number of nitrogens with zero attached hydrogens (tertiary/aromatic N) is 4. The highest BCUT2D eigenvalue weighted by Crippen LogP contribution is 2.39. The van der Waals surface area contributed by atoms with Crippen molar-refractivity contribution < 1.29 is 29.3 Å². The number of phenols is 1. The van der Waals surface area contributed by atoms with E-state index in [9.17, 15) is 19.8 Å². The molecule has 0 spiro atoms. The van der Waals surface area contributed by atoms with Crippen molar-refractivity contribution in [2.45, 2.75) is 55.9 Å². The summed E-state index contributed by atoms with van der Waals surface area (Å²) in [6, 6.07) is 28.6. The lowest BCUT2D eigenvalue weighted by Crippen LogP contribution is -2.31. The number of thioether (sulfide) groups is 1. The first-order chi connectivity index (χ1) is 24.3. The van der Waals surface area contributed by atoms with E-state index in [0.29, 0.717) is 46.5 Å². The Balaban J connectivity index is 1.07. The summed E-state index contributed by atoms with van der Waals surface area (Å²) in [4.78, 5) is 24.9. The number of aliphatic hydroxyl groups excluding tert-OH is 1. The van der Waals surface area contributed by atoms with Gasteiger partial charge in [-0.3, -0.25) is 9.59 Å². The van der Waals surface area contributed by atoms with Gasteiger partial charge in [-0.05, 0) is 76.5 Å². The van der Waals surface area contributed by atoms with Crippen LogP contribution in [0.15, 0.2) is 102 Å². The number of para-hydroxylation sites is 2. The standard InChI is InChI=1S/C36H37N7O6S/c37-30-4-1-2-5-31(30)39-34(47)7-3-6-33(46)38-26-14-12-25(13-15-26)35-48-29(20-32(49-35)24-10-8-23(21-44)9-11-24)22-50-36-40-41-42-43(36)27-16-18-28(45)19-17-27/h1-2,4-5,8-19,29,32,35,44-45H,3,6-7,20-22,37H2,(H,38,46)(H,39,47). The van der Waals surface area contributed by atoms with Crippen LogP contribution in [0.5, 0.6) is 5.75 Å². The van der Waals surface area contributed by atoms with Crippen LogP contribution in [0.2, 0.25) is 0 Å². The molecule has 1 aliphatic heterocycles. The zero-order valence-corrected chi connectivity index (χ0v) is 27.8. The predicted octanol–water partition coefficient (Wildman–Crippen LogP) is 5.53. The number of nitrogens with two attached hydrogens (primary N) is 1. The number of carbonyl (C=O) groups is 2. The number of anilines is 3. The highest BCUT2D eigenvalue weighted by molar-refractivity contribution is 7.99. The van der Waals surface area contributed by atoms with Gasteiger partial charge in [0.25, 0.3) is 0 Å². The third-order valence-electron chi connectivity index (χ3n) is 8.06. The van der Waals surface area contributed by atoms with Crippen LogP contribution in [0, 0.1) is 0 Å². The molecule has 0 radical (unpaired) electrons. The minimum atomic E-state index is -0.688. The highest BCUT2D eigenvalue weighted by Gasteiger charge is 2.32. The number of amides is 2. The Hall–Kier alpha value is -5.28. The van der Waals surface area contributed by atoms with Gasteiger partial charge in [0.05, 0.1) is 35.9 Å². The lowest BCUT2D eigenvalue weighted by atomic mass is 10.0. The van der Waals surface area contributed by atoms with E-state index in [1.54, 1.807) is 65.3 Å². The molecule has 2 amide bonds. The zero-order valence-electron chi connectivity index (χ0n) is 27.0. The van der Waals surface area contributed by atoms with Crippen LogP contribution in [-0.2, 0) is 25.7 Å². The fraction of sp³-hybridized carbons (Fsp3) is 0.250. The number of aromatic nitrogens is 4. The molecule has 4 aromatic carbocycles. The van der Waals surface area contributed by atoms with E-state index in [-0.39, 0.29) is 49.2 Å². The molecule has 2 heterocycles. The van der Waals surface area contributed by atoms with E-state index in [2.05, 4.69) is 26.2 Å². The lowest BCUT2D eigenvalue weighted by Gasteiger charge is -2.36. The van der Waals surface area contributed by atoms with E-state index in [1.807, 2.05) is 36.4 Å². The van der Waals surface area contributed by atoms with Gasteiger partial charge in [-0.15, -0.1) is 5.10 Å². The first-order valence-corrected chi connectivity index (χ1v) is 17.1. The minimum Gasteiger partial charge on any atom is -0.508 e. The molecule has 0 bridgehead atoms. The summed E-state index contributed by atoms with van der Waals surface area (Å²) in [5, 5.41) is 37.6. The summed E-state index contributed by atoms with van der Waals surface area (Å²) >= 11 is 1.45. The average Bonchev–Trinajstić information content (AvgIpc) is 3.61. The number of aliphatic hydroxyl groups is 1. The monoisotopic (exact) mass is 695 g/mol. The van der Waals surface area contributed by atoms with Crippen LogP contribution in [0.1, 0.15) is 54.8 Å². The Morgan fingerprint density at radius 3 is 2.30 bits per heavy atom. The third kappa shape index (κ3) is 9.03. The summed E-state index contributed by atoms with van der Waals surface area (Å²) in [5.41, 5.74) is 10.8. The topological polar surface area (TPSA) is 187 Å². The number of hydrogen-bond donors (Lipinski definition) is 5. The molecule has 258 valence electrons. The Morgan fingerprint density at radius 2 is 1.58 bits per heavy atom. The van der Waals surface area contributed by atoms with E-state index >= 15 is 0 Å². The summed E-state index contributed by atoms with van der Waals surface area (Å²) in [5.74, 6) is 0.281. The largest absolute Gasteiger partial charge is 0.508 e. The van der Waals surface area contributed by atoms with E-state index < -0.39 is 6.29 Å². The van der Waals surface area contributed by atoms with Gasteiger partial charge >= 0.3 is 0 Å². The molecule has 6 rings (SSSR count). The Morgan fingerprint density at radius 1 is 0.880 bits per heavy atom. The number of hydrogen-bond acceptors (Lipinski definition) is 11. The van der Waals surface area contributed by atoms with Crippen molar-refractivity contribution in [3.63, 3.8) is 0 Å². The number of tetrazole rings is 1. The maximum Gasteiger partial charge on any atom is 0.224 e. The molecule has 3 atom stereocenters. The number of phenolic OH excluding ortho intramolecular Hbond substituents is 1. The molecule has 0 aliphatic carbocycles. The minimum absolute atomic E-state index is 0.0470. The Labute approximate surface area is 292 Å². The maximum atomic E-state index is 12.6. The predicted molar refractivity (Wildman–Crippen MR) is 188 cm³/mol. The molecule has 1 aliphatic rings. The second-order valence-electron chi connectivity index (χ2n) is 11.7. The van der Waals surface area contributed by atoms with Gasteiger partial charge in [0.15, 0.2) is 6.29 Å². The molecule has 50 heavy (non-hydrogen) atoms. The van der Waals surface area contributed by atoms with Gasteiger partial charge in [-0.1, -0.05) is 60.3 Å². The number of benzene rings is 4. The van der Waals surface area contributed by atoms with E-state index in [0.717, 1.165) is 16.7 Å². The molecule has 0 saturated carbocycles. The first kappa shape index (κ1) is 34.6. The smallest absolute Gasteiger partial charge is 0.224 e. The van der Waals surface area contributed by atoms with Crippen LogP contribution < -0.4 is 16.4 Å². The second-order valence-corrected chi connectivity index (χ2v) is 12.7. The summed E-state index contributed by atoms with van der Waals surface area (Å²) < 4.78 is 14.5. The molecule has 6 N–H and O–H groups in total. The maximum absolute atomic E-state index is 12.6. The van der Waals surface area contributed by atoms with Crippen molar-refractivity contribution in [2.75, 3.05) is 22.1 Å². The fourth-order valence-electron chi connectivity index (χ4n) is 5.40. The number of nitrogens with one attached hydrogen (secondary N) is 2. The molecular weight excluding hydrogens is 659 g/mol. The lowest BCUT2D eigenvalue weighted by molar-refractivity contribution is -0.245. The van der Waals surface area contributed by atoms with Gasteiger partial charge in [-0.25, -0.2) is 0 Å². The molecule has 5 aromatic rings. The van der Waals surface area contributed by atoms with Crippen LogP contribution >= 0.6 is 11.8 Å². The molecule has 13 nitrogen and oxygen atoms in total. The summed E-state index contributed by atoms with van der Waals surface area (Å²) in [7, 11) is 0.